The average molecular weight is 188 g/mol. The zero-order chi connectivity index (χ0) is 9.38. The summed E-state index contributed by atoms with van der Waals surface area (Å²) in [6.45, 7) is 0. The van der Waals surface area contributed by atoms with Gasteiger partial charge in [-0.25, -0.2) is 8.78 Å². The molecule has 3 aliphatic rings. The highest BCUT2D eigenvalue weighted by Gasteiger charge is 2.80. The van der Waals surface area contributed by atoms with E-state index in [-0.39, 0.29) is 11.8 Å². The van der Waals surface area contributed by atoms with Crippen molar-refractivity contribution in [3.8, 4) is 0 Å². The van der Waals surface area contributed by atoms with E-state index in [1.165, 1.54) is 0 Å². The molecule has 1 N–H and O–H groups in total. The summed E-state index contributed by atoms with van der Waals surface area (Å²) in [4.78, 5) is 10.7. The van der Waals surface area contributed by atoms with Crippen molar-refractivity contribution < 1.29 is 18.7 Å². The molecule has 0 aliphatic heterocycles. The second-order valence-electron chi connectivity index (χ2n) is 4.57. The maximum absolute atomic E-state index is 13.0. The highest BCUT2D eigenvalue weighted by molar-refractivity contribution is 5.71. The van der Waals surface area contributed by atoms with Crippen molar-refractivity contribution in [1.82, 2.24) is 0 Å². The number of carboxylic acid groups (broad SMARTS) is 1. The topological polar surface area (TPSA) is 37.3 Å². The molecule has 4 heteroatoms. The lowest BCUT2D eigenvalue weighted by atomic mass is 9.89. The third kappa shape index (κ3) is 0.708. The Bertz CT molecular complexity index is 289. The third-order valence-corrected chi connectivity index (χ3v) is 4.10. The normalized spacial score (nSPS) is 54.8. The molecule has 0 aromatic carbocycles. The van der Waals surface area contributed by atoms with Crippen molar-refractivity contribution in [1.29, 1.82) is 0 Å². The lowest BCUT2D eigenvalue weighted by Crippen LogP contribution is -2.22. The zero-order valence-electron chi connectivity index (χ0n) is 6.91. The van der Waals surface area contributed by atoms with Gasteiger partial charge in [0.2, 0.25) is 0 Å². The molecule has 0 saturated heterocycles. The molecule has 0 radical (unpaired) electrons. The summed E-state index contributed by atoms with van der Waals surface area (Å²) in [5.74, 6) is -5.19. The molecule has 3 saturated carbocycles. The van der Waals surface area contributed by atoms with Gasteiger partial charge >= 0.3 is 5.97 Å². The van der Waals surface area contributed by atoms with Crippen LogP contribution >= 0.6 is 0 Å². The van der Waals surface area contributed by atoms with Gasteiger partial charge in [0.1, 0.15) is 0 Å². The van der Waals surface area contributed by atoms with Crippen LogP contribution in [0.2, 0.25) is 0 Å². The highest BCUT2D eigenvalue weighted by Crippen LogP contribution is 2.75. The lowest BCUT2D eigenvalue weighted by molar-refractivity contribution is -0.143. The number of fused-ring (bicyclic) bond motifs is 5. The van der Waals surface area contributed by atoms with E-state index >= 15 is 0 Å². The Labute approximate surface area is 73.9 Å². The average Bonchev–Trinajstić information content (AvgIpc) is 2.50. The van der Waals surface area contributed by atoms with Gasteiger partial charge in [-0.1, -0.05) is 0 Å². The predicted molar refractivity (Wildman–Crippen MR) is 39.3 cm³/mol. The first kappa shape index (κ1) is 7.71. The minimum Gasteiger partial charge on any atom is -0.481 e. The van der Waals surface area contributed by atoms with Crippen molar-refractivity contribution in [2.24, 2.45) is 29.6 Å². The van der Waals surface area contributed by atoms with Crippen molar-refractivity contribution in [2.75, 3.05) is 0 Å². The van der Waals surface area contributed by atoms with Gasteiger partial charge in [-0.2, -0.15) is 0 Å². The lowest BCUT2D eigenvalue weighted by Gasteiger charge is -2.14. The van der Waals surface area contributed by atoms with Crippen LogP contribution in [0.5, 0.6) is 0 Å². The van der Waals surface area contributed by atoms with Crippen molar-refractivity contribution in [2.45, 2.75) is 18.8 Å². The smallest absolute Gasteiger partial charge is 0.306 e. The molecule has 0 aromatic rings. The Balaban J connectivity index is 1.88. The molecule has 3 aliphatic carbocycles. The summed E-state index contributed by atoms with van der Waals surface area (Å²) in [6, 6.07) is 0. The third-order valence-electron chi connectivity index (χ3n) is 4.10. The van der Waals surface area contributed by atoms with Crippen LogP contribution in [0.4, 0.5) is 8.78 Å². The first-order valence-corrected chi connectivity index (χ1v) is 4.64. The molecule has 13 heavy (non-hydrogen) atoms. The molecule has 72 valence electrons. The summed E-state index contributed by atoms with van der Waals surface area (Å²) < 4.78 is 26.1. The van der Waals surface area contributed by atoms with E-state index in [9.17, 15) is 13.6 Å². The standard InChI is InChI=1S/C9H10F2O2/c10-9(11)6-3-1-4(7(6)9)5(2-3)8(12)13/h3-7H,1-2H2,(H,12,13). The van der Waals surface area contributed by atoms with Crippen LogP contribution in [0.15, 0.2) is 0 Å². The summed E-state index contributed by atoms with van der Waals surface area (Å²) in [7, 11) is 0. The molecule has 5 unspecified atom stereocenters. The van der Waals surface area contributed by atoms with Gasteiger partial charge in [0.25, 0.3) is 5.92 Å². The van der Waals surface area contributed by atoms with Gasteiger partial charge < -0.3 is 5.11 Å². The van der Waals surface area contributed by atoms with Crippen LogP contribution in [-0.4, -0.2) is 17.0 Å². The summed E-state index contributed by atoms with van der Waals surface area (Å²) in [5, 5.41) is 8.80. The maximum Gasteiger partial charge on any atom is 0.306 e. The van der Waals surface area contributed by atoms with Crippen LogP contribution in [0, 0.1) is 29.6 Å². The number of hydrogen-bond acceptors (Lipinski definition) is 1. The first-order valence-electron chi connectivity index (χ1n) is 4.64. The molecule has 0 aromatic heterocycles. The van der Waals surface area contributed by atoms with Crippen LogP contribution in [-0.2, 0) is 4.79 Å². The van der Waals surface area contributed by atoms with E-state index in [4.69, 9.17) is 5.11 Å². The van der Waals surface area contributed by atoms with Gasteiger partial charge in [-0.15, -0.1) is 0 Å². The number of alkyl halides is 2. The Hall–Kier alpha value is -0.670. The SMILES string of the molecule is O=C(O)C1CC2CC1C1C2C1(F)F. The van der Waals surface area contributed by atoms with Gasteiger partial charge in [0.05, 0.1) is 5.92 Å². The van der Waals surface area contributed by atoms with Crippen LogP contribution in [0.1, 0.15) is 12.8 Å². The van der Waals surface area contributed by atoms with Crippen molar-refractivity contribution >= 4 is 5.97 Å². The number of halogens is 2. The number of aliphatic carboxylic acids is 1. The van der Waals surface area contributed by atoms with Gasteiger partial charge in [-0.05, 0) is 24.7 Å². The van der Waals surface area contributed by atoms with Gasteiger partial charge in [0, 0.05) is 11.8 Å². The Morgan fingerprint density at radius 2 is 2.00 bits per heavy atom. The molecule has 3 rings (SSSR count). The Morgan fingerprint density at radius 1 is 1.31 bits per heavy atom. The second-order valence-corrected chi connectivity index (χ2v) is 4.57. The van der Waals surface area contributed by atoms with Crippen molar-refractivity contribution in [3.63, 3.8) is 0 Å². The predicted octanol–water partition coefficient (Wildman–Crippen LogP) is 1.61. The molecule has 0 heterocycles. The zero-order valence-corrected chi connectivity index (χ0v) is 6.91. The molecule has 2 bridgehead atoms. The van der Waals surface area contributed by atoms with Crippen molar-refractivity contribution in [3.05, 3.63) is 0 Å². The van der Waals surface area contributed by atoms with Gasteiger partial charge in [-0.3, -0.25) is 4.79 Å². The van der Waals surface area contributed by atoms with Crippen LogP contribution in [0.25, 0.3) is 0 Å². The maximum atomic E-state index is 13.0. The van der Waals surface area contributed by atoms with E-state index in [0.717, 1.165) is 6.42 Å². The minimum atomic E-state index is -2.53. The largest absolute Gasteiger partial charge is 0.481 e. The van der Waals surface area contributed by atoms with Crippen LogP contribution < -0.4 is 0 Å². The fourth-order valence-electron chi connectivity index (χ4n) is 3.62. The molecular weight excluding hydrogens is 178 g/mol. The van der Waals surface area contributed by atoms with E-state index < -0.39 is 29.6 Å². The summed E-state index contributed by atoms with van der Waals surface area (Å²) in [5.41, 5.74) is 0. The fraction of sp³-hybridized carbons (Fsp3) is 0.889. The van der Waals surface area contributed by atoms with Crippen LogP contribution in [0.3, 0.4) is 0 Å². The molecule has 0 amide bonds. The molecule has 3 fully saturated rings. The summed E-state index contributed by atoms with van der Waals surface area (Å²) in [6.07, 6.45) is 1.21. The minimum absolute atomic E-state index is 0.00824. The second kappa shape index (κ2) is 1.88. The monoisotopic (exact) mass is 188 g/mol. The number of carbonyl (C=O) groups is 1. The fourth-order valence-corrected chi connectivity index (χ4v) is 3.62. The van der Waals surface area contributed by atoms with Gasteiger partial charge in [0.15, 0.2) is 0 Å². The number of carboxylic acids is 1. The first-order chi connectivity index (χ1) is 6.03. The summed E-state index contributed by atoms with van der Waals surface area (Å²) >= 11 is 0. The van der Waals surface area contributed by atoms with E-state index in [1.54, 1.807) is 0 Å². The molecule has 0 spiro atoms. The molecule has 5 atom stereocenters. The van der Waals surface area contributed by atoms with E-state index in [2.05, 4.69) is 0 Å². The van der Waals surface area contributed by atoms with E-state index in [0.29, 0.717) is 6.42 Å². The Morgan fingerprint density at radius 3 is 2.54 bits per heavy atom. The molecule has 2 nitrogen and oxygen atoms in total. The van der Waals surface area contributed by atoms with E-state index in [1.807, 2.05) is 0 Å². The molecular formula is C9H10F2O2. The quantitative estimate of drug-likeness (QED) is 0.678. The number of hydrogen-bond donors (Lipinski definition) is 1. The number of rotatable bonds is 1. The highest BCUT2D eigenvalue weighted by atomic mass is 19.3. The Kier molecular flexibility index (Phi) is 1.12.